The molecule has 1 N–H and O–H groups in total. The molecule has 0 bridgehead atoms. The number of nitrogens with one attached hydrogen (secondary N) is 1. The quantitative estimate of drug-likeness (QED) is 0.779. The van der Waals surface area contributed by atoms with Gasteiger partial charge in [-0.15, -0.1) is 0 Å². The standard InChI is InChI=1S/C16H29N3O2/c1-3-17-16(15(20)21-2)7-6-13(11-16)19-10-9-18-8-4-5-14(18)12-19/h13-14,17H,3-12H2,1-2H3. The number of nitrogens with zero attached hydrogens (tertiary/aromatic N) is 2. The van der Waals surface area contributed by atoms with Gasteiger partial charge in [0, 0.05) is 31.7 Å². The molecule has 21 heavy (non-hydrogen) atoms. The minimum absolute atomic E-state index is 0.0775. The monoisotopic (exact) mass is 295 g/mol. The van der Waals surface area contributed by atoms with Crippen LogP contribution in [0.15, 0.2) is 0 Å². The number of hydrogen-bond donors (Lipinski definition) is 1. The Kier molecular flexibility index (Phi) is 4.52. The van der Waals surface area contributed by atoms with E-state index in [0.29, 0.717) is 6.04 Å². The molecule has 0 aromatic rings. The zero-order valence-corrected chi connectivity index (χ0v) is 13.4. The van der Waals surface area contributed by atoms with E-state index in [9.17, 15) is 4.79 Å². The van der Waals surface area contributed by atoms with E-state index in [0.717, 1.165) is 38.4 Å². The average Bonchev–Trinajstić information content (AvgIpc) is 3.13. The van der Waals surface area contributed by atoms with Crippen LogP contribution in [0.25, 0.3) is 0 Å². The second-order valence-electron chi connectivity index (χ2n) is 6.83. The molecule has 0 aromatic carbocycles. The molecule has 0 aromatic heterocycles. The molecule has 0 radical (unpaired) electrons. The van der Waals surface area contributed by atoms with Gasteiger partial charge in [-0.2, -0.15) is 0 Å². The Bertz CT molecular complexity index is 390. The van der Waals surface area contributed by atoms with E-state index in [4.69, 9.17) is 4.74 Å². The number of methoxy groups -OCH3 is 1. The van der Waals surface area contributed by atoms with Gasteiger partial charge in [-0.05, 0) is 45.2 Å². The molecule has 3 aliphatic rings. The van der Waals surface area contributed by atoms with Crippen LogP contribution < -0.4 is 5.32 Å². The van der Waals surface area contributed by atoms with Crippen molar-refractivity contribution in [2.24, 2.45) is 0 Å². The molecule has 0 spiro atoms. The first kappa shape index (κ1) is 15.3. The molecule has 2 heterocycles. The number of fused-ring (bicyclic) bond motifs is 1. The van der Waals surface area contributed by atoms with Gasteiger partial charge in [0.25, 0.3) is 0 Å². The highest BCUT2D eigenvalue weighted by Gasteiger charge is 2.48. The minimum Gasteiger partial charge on any atom is -0.468 e. The minimum atomic E-state index is -0.443. The predicted molar refractivity (Wildman–Crippen MR) is 82.2 cm³/mol. The molecule has 3 atom stereocenters. The molecule has 3 fully saturated rings. The number of esters is 1. The summed E-state index contributed by atoms with van der Waals surface area (Å²) in [6.07, 6.45) is 5.61. The molecule has 1 aliphatic carbocycles. The summed E-state index contributed by atoms with van der Waals surface area (Å²) in [5.74, 6) is -0.0775. The largest absolute Gasteiger partial charge is 0.468 e. The molecule has 3 unspecified atom stereocenters. The molecule has 5 heteroatoms. The SMILES string of the molecule is CCNC1(C(=O)OC)CCC(N2CCN3CCCC3C2)C1. The highest BCUT2D eigenvalue weighted by atomic mass is 16.5. The lowest BCUT2D eigenvalue weighted by Gasteiger charge is -2.41. The van der Waals surface area contributed by atoms with Crippen LogP contribution in [0, 0.1) is 0 Å². The summed E-state index contributed by atoms with van der Waals surface area (Å²) in [6.45, 7) is 7.71. The fourth-order valence-corrected chi connectivity index (χ4v) is 4.63. The number of hydrogen-bond acceptors (Lipinski definition) is 5. The maximum absolute atomic E-state index is 12.2. The molecule has 5 nitrogen and oxygen atoms in total. The van der Waals surface area contributed by atoms with Crippen molar-refractivity contribution >= 4 is 5.97 Å². The van der Waals surface area contributed by atoms with E-state index in [-0.39, 0.29) is 5.97 Å². The second-order valence-corrected chi connectivity index (χ2v) is 6.83. The average molecular weight is 295 g/mol. The van der Waals surface area contributed by atoms with Crippen LogP contribution in [0.5, 0.6) is 0 Å². The van der Waals surface area contributed by atoms with E-state index < -0.39 is 5.54 Å². The van der Waals surface area contributed by atoms with Crippen LogP contribution >= 0.6 is 0 Å². The van der Waals surface area contributed by atoms with Crippen LogP contribution in [0.2, 0.25) is 0 Å². The number of piperazine rings is 1. The van der Waals surface area contributed by atoms with E-state index in [2.05, 4.69) is 22.0 Å². The van der Waals surface area contributed by atoms with Gasteiger partial charge in [-0.1, -0.05) is 6.92 Å². The summed E-state index contributed by atoms with van der Waals surface area (Å²) in [5.41, 5.74) is -0.443. The lowest BCUT2D eigenvalue weighted by molar-refractivity contribution is -0.148. The third kappa shape index (κ3) is 2.83. The lowest BCUT2D eigenvalue weighted by Crippen LogP contribution is -2.55. The third-order valence-corrected chi connectivity index (χ3v) is 5.71. The van der Waals surface area contributed by atoms with Gasteiger partial charge in [-0.3, -0.25) is 14.6 Å². The zero-order chi connectivity index (χ0) is 14.9. The van der Waals surface area contributed by atoms with Crippen molar-refractivity contribution in [3.63, 3.8) is 0 Å². The topological polar surface area (TPSA) is 44.8 Å². The Hall–Kier alpha value is -0.650. The summed E-state index contributed by atoms with van der Waals surface area (Å²) in [5, 5.41) is 3.41. The predicted octanol–water partition coefficient (Wildman–Crippen LogP) is 0.840. The molecule has 1 saturated carbocycles. The smallest absolute Gasteiger partial charge is 0.326 e. The van der Waals surface area contributed by atoms with Gasteiger partial charge in [0.2, 0.25) is 0 Å². The highest BCUT2D eigenvalue weighted by molar-refractivity contribution is 5.81. The van der Waals surface area contributed by atoms with Crippen LogP contribution in [0.1, 0.15) is 39.0 Å². The molecule has 2 aliphatic heterocycles. The lowest BCUT2D eigenvalue weighted by atomic mass is 9.97. The fourth-order valence-electron chi connectivity index (χ4n) is 4.63. The van der Waals surface area contributed by atoms with Crippen LogP contribution in [-0.2, 0) is 9.53 Å². The summed E-state index contributed by atoms with van der Waals surface area (Å²) < 4.78 is 5.07. The number of rotatable bonds is 4. The van der Waals surface area contributed by atoms with Crippen molar-refractivity contribution in [1.29, 1.82) is 0 Å². The van der Waals surface area contributed by atoms with Gasteiger partial charge in [-0.25, -0.2) is 0 Å². The summed E-state index contributed by atoms with van der Waals surface area (Å²) in [7, 11) is 1.51. The van der Waals surface area contributed by atoms with Crippen molar-refractivity contribution < 1.29 is 9.53 Å². The van der Waals surface area contributed by atoms with E-state index >= 15 is 0 Å². The molecule has 2 saturated heterocycles. The maximum atomic E-state index is 12.2. The Morgan fingerprint density at radius 2 is 2.05 bits per heavy atom. The van der Waals surface area contributed by atoms with Crippen LogP contribution in [0.4, 0.5) is 0 Å². The molecular formula is C16H29N3O2. The van der Waals surface area contributed by atoms with Crippen molar-refractivity contribution in [3.05, 3.63) is 0 Å². The summed E-state index contributed by atoms with van der Waals surface area (Å²) in [6, 6.07) is 1.29. The van der Waals surface area contributed by atoms with Gasteiger partial charge in [0.1, 0.15) is 5.54 Å². The van der Waals surface area contributed by atoms with Gasteiger partial charge in [0.15, 0.2) is 0 Å². The fraction of sp³-hybridized carbons (Fsp3) is 0.938. The van der Waals surface area contributed by atoms with Crippen molar-refractivity contribution in [2.45, 2.75) is 56.7 Å². The zero-order valence-electron chi connectivity index (χ0n) is 13.4. The van der Waals surface area contributed by atoms with Crippen molar-refractivity contribution in [2.75, 3.05) is 39.8 Å². The number of ether oxygens (including phenoxy) is 1. The number of carbonyl (C=O) groups is 1. The van der Waals surface area contributed by atoms with Crippen molar-refractivity contribution in [3.8, 4) is 0 Å². The first-order valence-corrected chi connectivity index (χ1v) is 8.50. The molecule has 120 valence electrons. The van der Waals surface area contributed by atoms with E-state index in [1.807, 2.05) is 0 Å². The van der Waals surface area contributed by atoms with E-state index in [1.165, 1.54) is 39.6 Å². The summed E-state index contributed by atoms with van der Waals surface area (Å²) >= 11 is 0. The Balaban J connectivity index is 1.64. The first-order valence-electron chi connectivity index (χ1n) is 8.50. The Morgan fingerprint density at radius 3 is 2.81 bits per heavy atom. The van der Waals surface area contributed by atoms with Crippen molar-refractivity contribution in [1.82, 2.24) is 15.1 Å². The first-order chi connectivity index (χ1) is 10.2. The van der Waals surface area contributed by atoms with Gasteiger partial charge < -0.3 is 10.1 Å². The Morgan fingerprint density at radius 1 is 1.24 bits per heavy atom. The Labute approximate surface area is 128 Å². The summed E-state index contributed by atoms with van der Waals surface area (Å²) in [4.78, 5) is 17.5. The highest BCUT2D eigenvalue weighted by Crippen LogP contribution is 2.36. The normalized spacial score (nSPS) is 37.6. The maximum Gasteiger partial charge on any atom is 0.326 e. The van der Waals surface area contributed by atoms with Crippen LogP contribution in [-0.4, -0.2) is 73.2 Å². The van der Waals surface area contributed by atoms with Gasteiger partial charge >= 0.3 is 5.97 Å². The molecule has 3 rings (SSSR count). The third-order valence-electron chi connectivity index (χ3n) is 5.71. The number of likely N-dealkylation sites (N-methyl/N-ethyl adjacent to an activating group) is 1. The van der Waals surface area contributed by atoms with Crippen LogP contribution in [0.3, 0.4) is 0 Å². The number of carbonyl (C=O) groups excluding carboxylic acids is 1. The van der Waals surface area contributed by atoms with E-state index in [1.54, 1.807) is 0 Å². The molecule has 0 amide bonds. The van der Waals surface area contributed by atoms with Gasteiger partial charge in [0.05, 0.1) is 7.11 Å². The molecular weight excluding hydrogens is 266 g/mol. The second kappa shape index (κ2) is 6.23.